The fourth-order valence-corrected chi connectivity index (χ4v) is 1.45. The van der Waals surface area contributed by atoms with E-state index in [2.05, 4.69) is 16.9 Å². The highest BCUT2D eigenvalue weighted by molar-refractivity contribution is 7.98. The van der Waals surface area contributed by atoms with Gasteiger partial charge in [0, 0.05) is 6.20 Å². The van der Waals surface area contributed by atoms with Gasteiger partial charge in [-0.05, 0) is 5.75 Å². The summed E-state index contributed by atoms with van der Waals surface area (Å²) in [6.07, 6.45) is 1.46. The minimum absolute atomic E-state index is 0.240. The maximum Gasteiger partial charge on any atom is 0.150 e. The number of halogens is 1. The fourth-order valence-electron chi connectivity index (χ4n) is 0.733. The summed E-state index contributed by atoms with van der Waals surface area (Å²) in [5.74, 6) is 2.43. The van der Waals surface area contributed by atoms with Crippen molar-refractivity contribution in [1.29, 1.82) is 5.26 Å². The molecule has 0 saturated heterocycles. The van der Waals surface area contributed by atoms with Gasteiger partial charge in [0.15, 0.2) is 5.15 Å². The van der Waals surface area contributed by atoms with Crippen LogP contribution in [-0.4, -0.2) is 15.7 Å². The lowest BCUT2D eigenvalue weighted by Gasteiger charge is -1.98. The molecule has 0 aromatic carbocycles. The lowest BCUT2D eigenvalue weighted by molar-refractivity contribution is 1.03. The van der Waals surface area contributed by atoms with Gasteiger partial charge in [-0.2, -0.15) is 17.0 Å². The average Bonchev–Trinajstić information content (AvgIpc) is 2.15. The minimum atomic E-state index is 0.240. The molecule has 0 atom stereocenters. The van der Waals surface area contributed by atoms with Gasteiger partial charge in [-0.25, -0.2) is 9.97 Å². The van der Waals surface area contributed by atoms with Crippen LogP contribution in [0, 0.1) is 11.3 Å². The summed E-state index contributed by atoms with van der Waals surface area (Å²) in [5.41, 5.74) is 0.326. The van der Waals surface area contributed by atoms with Crippen LogP contribution in [0.5, 0.6) is 0 Å². The highest BCUT2D eigenvalue weighted by Gasteiger charge is 2.03. The summed E-state index contributed by atoms with van der Waals surface area (Å²) in [6.45, 7) is 2.07. The van der Waals surface area contributed by atoms with E-state index in [9.17, 15) is 0 Å². The molecule has 0 saturated carbocycles. The molecule has 0 aliphatic carbocycles. The molecule has 1 aromatic heterocycles. The molecule has 5 heteroatoms. The van der Waals surface area contributed by atoms with Crippen LogP contribution in [0.1, 0.15) is 18.3 Å². The van der Waals surface area contributed by atoms with Gasteiger partial charge < -0.3 is 0 Å². The van der Waals surface area contributed by atoms with E-state index in [-0.39, 0.29) is 5.15 Å². The molecule has 0 bridgehead atoms. The Morgan fingerprint density at radius 2 is 2.46 bits per heavy atom. The summed E-state index contributed by atoms with van der Waals surface area (Å²) in [7, 11) is 0. The van der Waals surface area contributed by atoms with Crippen molar-refractivity contribution in [2.24, 2.45) is 0 Å². The Bertz CT molecular complexity index is 335. The van der Waals surface area contributed by atoms with Gasteiger partial charge in [0.25, 0.3) is 0 Å². The number of hydrogen-bond donors (Lipinski definition) is 0. The Labute approximate surface area is 86.1 Å². The molecule has 0 radical (unpaired) electrons. The van der Waals surface area contributed by atoms with Gasteiger partial charge in [-0.1, -0.05) is 18.5 Å². The van der Waals surface area contributed by atoms with Crippen molar-refractivity contribution in [1.82, 2.24) is 9.97 Å². The van der Waals surface area contributed by atoms with Crippen molar-refractivity contribution in [2.75, 3.05) is 5.75 Å². The highest BCUT2D eigenvalue weighted by atomic mass is 35.5. The zero-order valence-corrected chi connectivity index (χ0v) is 8.69. The molecule has 0 aliphatic rings. The number of rotatable bonds is 3. The maximum absolute atomic E-state index is 8.57. The lowest BCUT2D eigenvalue weighted by Crippen LogP contribution is -1.95. The minimum Gasteiger partial charge on any atom is -0.239 e. The van der Waals surface area contributed by atoms with Gasteiger partial charge in [0.05, 0.1) is 5.75 Å². The molecule has 0 N–H and O–H groups in total. The Kier molecular flexibility index (Phi) is 4.00. The van der Waals surface area contributed by atoms with E-state index in [4.69, 9.17) is 16.9 Å². The Balaban J connectivity index is 2.79. The molecular formula is C8H8ClN3S. The van der Waals surface area contributed by atoms with Gasteiger partial charge in [0.2, 0.25) is 0 Å². The molecule has 0 aliphatic heterocycles. The monoisotopic (exact) mass is 213 g/mol. The highest BCUT2D eigenvalue weighted by Crippen LogP contribution is 2.13. The van der Waals surface area contributed by atoms with E-state index in [1.807, 2.05) is 6.07 Å². The second-order valence-corrected chi connectivity index (χ2v) is 3.87. The Hall–Kier alpha value is -0.790. The molecule has 0 unspecified atom stereocenters. The molecule has 0 amide bonds. The van der Waals surface area contributed by atoms with Gasteiger partial charge in [-0.15, -0.1) is 0 Å². The molecule has 68 valence electrons. The predicted octanol–water partition coefficient (Wildman–Crippen LogP) is 2.25. The maximum atomic E-state index is 8.57. The molecule has 1 aromatic rings. The van der Waals surface area contributed by atoms with Crippen molar-refractivity contribution in [3.8, 4) is 6.07 Å². The van der Waals surface area contributed by atoms with E-state index >= 15 is 0 Å². The Morgan fingerprint density at radius 1 is 1.69 bits per heavy atom. The number of aromatic nitrogens is 2. The average molecular weight is 214 g/mol. The van der Waals surface area contributed by atoms with Crippen molar-refractivity contribution in [3.05, 3.63) is 22.7 Å². The van der Waals surface area contributed by atoms with Crippen LogP contribution in [0.4, 0.5) is 0 Å². The normalized spacial score (nSPS) is 9.62. The number of hydrogen-bond acceptors (Lipinski definition) is 4. The molecule has 0 spiro atoms. The van der Waals surface area contributed by atoms with E-state index in [0.717, 1.165) is 11.5 Å². The molecule has 3 nitrogen and oxygen atoms in total. The van der Waals surface area contributed by atoms with Crippen molar-refractivity contribution < 1.29 is 0 Å². The fraction of sp³-hybridized carbons (Fsp3) is 0.375. The third kappa shape index (κ3) is 2.87. The van der Waals surface area contributed by atoms with Crippen molar-refractivity contribution >= 4 is 23.4 Å². The molecule has 13 heavy (non-hydrogen) atoms. The van der Waals surface area contributed by atoms with Crippen LogP contribution in [0.3, 0.4) is 0 Å². The first-order valence-electron chi connectivity index (χ1n) is 3.77. The summed E-state index contributed by atoms with van der Waals surface area (Å²) in [5, 5.41) is 8.81. The zero-order valence-electron chi connectivity index (χ0n) is 7.12. The van der Waals surface area contributed by atoms with Gasteiger partial charge >= 0.3 is 0 Å². The van der Waals surface area contributed by atoms with Crippen LogP contribution in [-0.2, 0) is 5.75 Å². The molecule has 1 heterocycles. The van der Waals surface area contributed by atoms with Crippen LogP contribution in [0.2, 0.25) is 5.15 Å². The second-order valence-electron chi connectivity index (χ2n) is 2.24. The quantitative estimate of drug-likeness (QED) is 0.723. The Morgan fingerprint density at radius 3 is 3.00 bits per heavy atom. The smallest absolute Gasteiger partial charge is 0.150 e. The summed E-state index contributed by atoms with van der Waals surface area (Å²) >= 11 is 7.44. The number of thioether (sulfide) groups is 1. The van der Waals surface area contributed by atoms with E-state index in [1.165, 1.54) is 6.20 Å². The van der Waals surface area contributed by atoms with Crippen LogP contribution in [0.15, 0.2) is 6.20 Å². The predicted molar refractivity (Wildman–Crippen MR) is 53.6 cm³/mol. The molecule has 0 fully saturated rings. The van der Waals surface area contributed by atoms with Crippen LogP contribution < -0.4 is 0 Å². The van der Waals surface area contributed by atoms with Crippen LogP contribution >= 0.6 is 23.4 Å². The van der Waals surface area contributed by atoms with E-state index < -0.39 is 0 Å². The largest absolute Gasteiger partial charge is 0.239 e. The number of nitriles is 1. The van der Waals surface area contributed by atoms with Crippen molar-refractivity contribution in [3.63, 3.8) is 0 Å². The van der Waals surface area contributed by atoms with E-state index in [0.29, 0.717) is 11.4 Å². The van der Waals surface area contributed by atoms with Gasteiger partial charge in [-0.3, -0.25) is 0 Å². The standard InChI is InChI=1S/C8H8ClN3S/c1-2-13-5-7-11-4-6(3-10)8(9)12-7/h4H,2,5H2,1H3. The first-order valence-corrected chi connectivity index (χ1v) is 5.30. The third-order valence-electron chi connectivity index (χ3n) is 1.35. The van der Waals surface area contributed by atoms with Crippen LogP contribution in [0.25, 0.3) is 0 Å². The summed E-state index contributed by atoms with van der Waals surface area (Å²) in [6, 6.07) is 1.91. The summed E-state index contributed by atoms with van der Waals surface area (Å²) < 4.78 is 0. The first-order chi connectivity index (χ1) is 6.27. The van der Waals surface area contributed by atoms with Crippen molar-refractivity contribution in [2.45, 2.75) is 12.7 Å². The SMILES string of the molecule is CCSCc1ncc(C#N)c(Cl)n1. The lowest BCUT2D eigenvalue weighted by atomic mass is 10.4. The van der Waals surface area contributed by atoms with E-state index in [1.54, 1.807) is 11.8 Å². The third-order valence-corrected chi connectivity index (χ3v) is 2.51. The topological polar surface area (TPSA) is 49.6 Å². The molecular weight excluding hydrogens is 206 g/mol. The molecule has 1 rings (SSSR count). The summed E-state index contributed by atoms with van der Waals surface area (Å²) in [4.78, 5) is 8.00. The number of nitrogens with zero attached hydrogens (tertiary/aromatic N) is 3. The zero-order chi connectivity index (χ0) is 9.68. The second kappa shape index (κ2) is 5.05. The first kappa shape index (κ1) is 10.3. The van der Waals surface area contributed by atoms with Gasteiger partial charge in [0.1, 0.15) is 17.5 Å².